The Kier molecular flexibility index (Phi) is 4.32. The van der Waals surface area contributed by atoms with Crippen molar-refractivity contribution in [1.29, 1.82) is 0 Å². The number of nitrogens with one attached hydrogen (secondary N) is 1. The van der Waals surface area contributed by atoms with Gasteiger partial charge < -0.3 is 15.2 Å². The number of aromatic nitrogens is 2. The third kappa shape index (κ3) is 5.14. The Morgan fingerprint density at radius 2 is 2.25 bits per heavy atom. The van der Waals surface area contributed by atoms with Gasteiger partial charge in [-0.25, -0.2) is 0 Å². The first-order chi connectivity index (χ1) is 7.37. The predicted octanol–water partition coefficient (Wildman–Crippen LogP) is 1.01. The molecule has 5 nitrogen and oxygen atoms in total. The summed E-state index contributed by atoms with van der Waals surface area (Å²) >= 11 is 0. The zero-order valence-electron chi connectivity index (χ0n) is 10.4. The maximum Gasteiger partial charge on any atom is 0.148 e. The lowest BCUT2D eigenvalue weighted by Gasteiger charge is -2.22. The van der Waals surface area contributed by atoms with E-state index in [-0.39, 0.29) is 5.60 Å². The molecule has 5 heteroatoms. The van der Waals surface area contributed by atoms with Crippen LogP contribution in [0.3, 0.4) is 0 Å². The molecule has 0 spiro atoms. The second-order valence-corrected chi connectivity index (χ2v) is 4.83. The minimum atomic E-state index is -0.527. The van der Waals surface area contributed by atoms with Gasteiger partial charge in [-0.3, -0.25) is 4.68 Å². The van der Waals surface area contributed by atoms with Crippen molar-refractivity contribution in [1.82, 2.24) is 9.78 Å². The van der Waals surface area contributed by atoms with Gasteiger partial charge in [0, 0.05) is 25.9 Å². The van der Waals surface area contributed by atoms with E-state index >= 15 is 0 Å². The van der Waals surface area contributed by atoms with Crippen LogP contribution in [-0.4, -0.2) is 39.7 Å². The number of rotatable bonds is 5. The predicted molar refractivity (Wildman–Crippen MR) is 63.4 cm³/mol. The van der Waals surface area contributed by atoms with Crippen molar-refractivity contribution < 1.29 is 9.84 Å². The first kappa shape index (κ1) is 13.0. The number of hydrogen-bond acceptors (Lipinski definition) is 4. The Labute approximate surface area is 96.4 Å². The SMILES string of the molecule is Cn1ccc(NCC(O)COC(C)(C)C)n1. The van der Waals surface area contributed by atoms with Crippen molar-refractivity contribution in [3.05, 3.63) is 12.3 Å². The second-order valence-electron chi connectivity index (χ2n) is 4.83. The van der Waals surface area contributed by atoms with Gasteiger partial charge in [0.05, 0.1) is 18.3 Å². The molecule has 0 saturated carbocycles. The maximum absolute atomic E-state index is 9.66. The molecule has 1 rings (SSSR count). The molecule has 0 aliphatic heterocycles. The van der Waals surface area contributed by atoms with E-state index in [1.807, 2.05) is 40.1 Å². The molecular formula is C11H21N3O2. The number of nitrogens with zero attached hydrogens (tertiary/aromatic N) is 2. The van der Waals surface area contributed by atoms with Crippen LogP contribution in [0.1, 0.15) is 20.8 Å². The van der Waals surface area contributed by atoms with Gasteiger partial charge in [-0.1, -0.05) is 0 Å². The smallest absolute Gasteiger partial charge is 0.148 e. The third-order valence-corrected chi connectivity index (χ3v) is 1.94. The highest BCUT2D eigenvalue weighted by Gasteiger charge is 2.13. The molecule has 0 aliphatic carbocycles. The van der Waals surface area contributed by atoms with Crippen LogP contribution < -0.4 is 5.32 Å². The lowest BCUT2D eigenvalue weighted by molar-refractivity contribution is -0.0449. The van der Waals surface area contributed by atoms with Crippen molar-refractivity contribution in [2.45, 2.75) is 32.5 Å². The summed E-state index contributed by atoms with van der Waals surface area (Å²) < 4.78 is 7.18. The molecule has 0 amide bonds. The summed E-state index contributed by atoms with van der Waals surface area (Å²) in [5.74, 6) is 0.761. The van der Waals surface area contributed by atoms with Gasteiger partial charge in [0.2, 0.25) is 0 Å². The third-order valence-electron chi connectivity index (χ3n) is 1.94. The molecule has 0 fully saturated rings. The fourth-order valence-electron chi connectivity index (χ4n) is 1.14. The average Bonchev–Trinajstić information content (AvgIpc) is 2.57. The van der Waals surface area contributed by atoms with E-state index in [0.717, 1.165) is 5.82 Å². The number of anilines is 1. The van der Waals surface area contributed by atoms with Crippen LogP contribution in [0, 0.1) is 0 Å². The summed E-state index contributed by atoms with van der Waals surface area (Å²) in [6, 6.07) is 1.86. The summed E-state index contributed by atoms with van der Waals surface area (Å²) in [7, 11) is 1.85. The molecule has 16 heavy (non-hydrogen) atoms. The summed E-state index contributed by atoms with van der Waals surface area (Å²) in [5.41, 5.74) is -0.216. The minimum absolute atomic E-state index is 0.216. The van der Waals surface area contributed by atoms with E-state index in [1.165, 1.54) is 0 Å². The van der Waals surface area contributed by atoms with Gasteiger partial charge in [-0.05, 0) is 20.8 Å². The summed E-state index contributed by atoms with van der Waals surface area (Å²) in [4.78, 5) is 0. The van der Waals surface area contributed by atoms with Crippen LogP contribution in [0.15, 0.2) is 12.3 Å². The number of aliphatic hydroxyl groups is 1. The summed E-state index contributed by atoms with van der Waals surface area (Å²) in [6.45, 7) is 6.65. The zero-order chi connectivity index (χ0) is 12.2. The van der Waals surface area contributed by atoms with Gasteiger partial charge in [-0.2, -0.15) is 5.10 Å². The quantitative estimate of drug-likeness (QED) is 0.788. The maximum atomic E-state index is 9.66. The lowest BCUT2D eigenvalue weighted by Crippen LogP contribution is -2.30. The van der Waals surface area contributed by atoms with Crippen molar-refractivity contribution in [3.8, 4) is 0 Å². The first-order valence-corrected chi connectivity index (χ1v) is 5.42. The van der Waals surface area contributed by atoms with Crippen molar-refractivity contribution >= 4 is 5.82 Å². The minimum Gasteiger partial charge on any atom is -0.389 e. The van der Waals surface area contributed by atoms with Crippen LogP contribution in [0.2, 0.25) is 0 Å². The normalized spacial score (nSPS) is 13.8. The van der Waals surface area contributed by atoms with Crippen LogP contribution in [0.5, 0.6) is 0 Å². The molecule has 2 N–H and O–H groups in total. The largest absolute Gasteiger partial charge is 0.389 e. The molecule has 1 atom stereocenters. The number of ether oxygens (including phenoxy) is 1. The van der Waals surface area contributed by atoms with E-state index in [2.05, 4.69) is 10.4 Å². The highest BCUT2D eigenvalue weighted by atomic mass is 16.5. The van der Waals surface area contributed by atoms with Crippen LogP contribution >= 0.6 is 0 Å². The molecule has 1 heterocycles. The topological polar surface area (TPSA) is 59.3 Å². The van der Waals surface area contributed by atoms with Gasteiger partial charge >= 0.3 is 0 Å². The van der Waals surface area contributed by atoms with Crippen LogP contribution in [-0.2, 0) is 11.8 Å². The molecule has 92 valence electrons. The van der Waals surface area contributed by atoms with Crippen molar-refractivity contribution in [3.63, 3.8) is 0 Å². The van der Waals surface area contributed by atoms with E-state index in [9.17, 15) is 5.11 Å². The Hall–Kier alpha value is -1.07. The Morgan fingerprint density at radius 1 is 1.56 bits per heavy atom. The fraction of sp³-hybridized carbons (Fsp3) is 0.727. The fourth-order valence-corrected chi connectivity index (χ4v) is 1.14. The summed E-state index contributed by atoms with van der Waals surface area (Å²) in [5, 5.41) is 16.8. The van der Waals surface area contributed by atoms with E-state index in [1.54, 1.807) is 4.68 Å². The van der Waals surface area contributed by atoms with E-state index in [4.69, 9.17) is 4.74 Å². The standard InChI is InChI=1S/C11H21N3O2/c1-11(2,3)16-8-9(15)7-12-10-5-6-14(4)13-10/h5-6,9,15H,7-8H2,1-4H3,(H,12,13). The Morgan fingerprint density at radius 3 is 2.75 bits per heavy atom. The number of hydrogen-bond donors (Lipinski definition) is 2. The molecule has 0 saturated heterocycles. The van der Waals surface area contributed by atoms with Crippen molar-refractivity contribution in [2.75, 3.05) is 18.5 Å². The van der Waals surface area contributed by atoms with Crippen LogP contribution in [0.25, 0.3) is 0 Å². The van der Waals surface area contributed by atoms with Gasteiger partial charge in [0.15, 0.2) is 0 Å². The van der Waals surface area contributed by atoms with Gasteiger partial charge in [-0.15, -0.1) is 0 Å². The second kappa shape index (κ2) is 5.32. The number of aliphatic hydroxyl groups excluding tert-OH is 1. The molecule has 1 unspecified atom stereocenters. The highest BCUT2D eigenvalue weighted by molar-refractivity contribution is 5.31. The van der Waals surface area contributed by atoms with Gasteiger partial charge in [0.1, 0.15) is 5.82 Å². The van der Waals surface area contributed by atoms with Crippen LogP contribution in [0.4, 0.5) is 5.82 Å². The van der Waals surface area contributed by atoms with Gasteiger partial charge in [0.25, 0.3) is 0 Å². The highest BCUT2D eigenvalue weighted by Crippen LogP contribution is 2.07. The molecule has 0 bridgehead atoms. The van der Waals surface area contributed by atoms with E-state index in [0.29, 0.717) is 13.2 Å². The molecule has 0 radical (unpaired) electrons. The molecule has 0 aliphatic rings. The Bertz CT molecular complexity index is 317. The Balaban J connectivity index is 2.22. The molecule has 0 aromatic carbocycles. The molecular weight excluding hydrogens is 206 g/mol. The summed E-state index contributed by atoms with van der Waals surface area (Å²) in [6.07, 6.45) is 1.32. The lowest BCUT2D eigenvalue weighted by atomic mass is 10.2. The molecule has 1 aromatic rings. The first-order valence-electron chi connectivity index (χ1n) is 5.42. The zero-order valence-corrected chi connectivity index (χ0v) is 10.4. The van der Waals surface area contributed by atoms with Crippen molar-refractivity contribution in [2.24, 2.45) is 7.05 Å². The monoisotopic (exact) mass is 227 g/mol. The average molecular weight is 227 g/mol. The number of aryl methyl sites for hydroxylation is 1. The molecule has 1 aromatic heterocycles. The van der Waals surface area contributed by atoms with E-state index < -0.39 is 6.10 Å².